The molecule has 0 bridgehead atoms. The van der Waals surface area contributed by atoms with E-state index in [1.54, 1.807) is 19.5 Å². The maximum Gasteiger partial charge on any atom is 0.212 e. The molecule has 0 aliphatic carbocycles. The van der Waals surface area contributed by atoms with Crippen molar-refractivity contribution in [2.45, 2.75) is 20.0 Å². The predicted octanol–water partition coefficient (Wildman–Crippen LogP) is 4.25. The summed E-state index contributed by atoms with van der Waals surface area (Å²) in [4.78, 5) is 13.3. The maximum absolute atomic E-state index is 5.80. The molecule has 0 radical (unpaired) electrons. The summed E-state index contributed by atoms with van der Waals surface area (Å²) in [5.41, 5.74) is 4.51. The monoisotopic (exact) mass is 360 g/mol. The Morgan fingerprint density at radius 2 is 1.81 bits per heavy atom. The summed E-state index contributed by atoms with van der Waals surface area (Å²) in [6, 6.07) is 11.7. The summed E-state index contributed by atoms with van der Waals surface area (Å²) in [7, 11) is 1.60. The molecule has 4 aromatic rings. The van der Waals surface area contributed by atoms with Crippen LogP contribution in [0.3, 0.4) is 0 Å². The summed E-state index contributed by atoms with van der Waals surface area (Å²) in [6.07, 6.45) is 7.48. The zero-order valence-electron chi connectivity index (χ0n) is 15.5. The summed E-state index contributed by atoms with van der Waals surface area (Å²) in [5.74, 6) is 1.41. The zero-order chi connectivity index (χ0) is 18.8. The smallest absolute Gasteiger partial charge is 0.212 e. The topological polar surface area (TPSA) is 61.5 Å². The van der Waals surface area contributed by atoms with Crippen molar-refractivity contribution in [3.05, 3.63) is 61.2 Å². The second-order valence-corrected chi connectivity index (χ2v) is 6.43. The number of aromatic nitrogens is 4. The molecule has 6 heteroatoms. The molecule has 0 saturated carbocycles. The molecule has 4 rings (SSSR count). The van der Waals surface area contributed by atoms with Gasteiger partial charge in [0.1, 0.15) is 5.75 Å². The number of hydrogen-bond donors (Lipinski definition) is 0. The van der Waals surface area contributed by atoms with Gasteiger partial charge in [0.2, 0.25) is 5.88 Å². The number of ether oxygens (including phenoxy) is 2. The fourth-order valence-corrected chi connectivity index (χ4v) is 2.91. The SMILES string of the molecule is COc1ccc(-c2cnc3cnc(-c4cccc(OC(C)C)c4)cn23)cn1. The minimum absolute atomic E-state index is 0.124. The maximum atomic E-state index is 5.80. The summed E-state index contributed by atoms with van der Waals surface area (Å²) < 4.78 is 12.9. The van der Waals surface area contributed by atoms with E-state index in [2.05, 4.69) is 15.0 Å². The lowest BCUT2D eigenvalue weighted by Crippen LogP contribution is -2.05. The van der Waals surface area contributed by atoms with Gasteiger partial charge in [-0.05, 0) is 32.0 Å². The molecule has 3 heterocycles. The highest BCUT2D eigenvalue weighted by molar-refractivity contribution is 5.66. The van der Waals surface area contributed by atoms with Gasteiger partial charge in [0.15, 0.2) is 5.65 Å². The van der Waals surface area contributed by atoms with Gasteiger partial charge in [-0.1, -0.05) is 12.1 Å². The van der Waals surface area contributed by atoms with E-state index in [4.69, 9.17) is 9.47 Å². The fraction of sp³-hybridized carbons (Fsp3) is 0.190. The zero-order valence-corrected chi connectivity index (χ0v) is 15.5. The number of nitrogens with zero attached hydrogens (tertiary/aromatic N) is 4. The minimum atomic E-state index is 0.124. The Morgan fingerprint density at radius 1 is 0.926 bits per heavy atom. The number of imidazole rings is 1. The third-order valence-corrected chi connectivity index (χ3v) is 4.14. The van der Waals surface area contributed by atoms with Crippen LogP contribution in [0.2, 0.25) is 0 Å². The van der Waals surface area contributed by atoms with Gasteiger partial charge < -0.3 is 9.47 Å². The molecule has 0 saturated heterocycles. The van der Waals surface area contributed by atoms with Crippen LogP contribution in [-0.4, -0.2) is 32.6 Å². The molecule has 0 aliphatic rings. The second kappa shape index (κ2) is 7.07. The normalized spacial score (nSPS) is 11.1. The Hall–Kier alpha value is -3.41. The van der Waals surface area contributed by atoms with Crippen molar-refractivity contribution in [1.29, 1.82) is 0 Å². The van der Waals surface area contributed by atoms with Crippen LogP contribution < -0.4 is 9.47 Å². The van der Waals surface area contributed by atoms with E-state index in [0.29, 0.717) is 5.88 Å². The van der Waals surface area contributed by atoms with Crippen molar-refractivity contribution in [2.24, 2.45) is 0 Å². The molecular formula is C21H20N4O2. The van der Waals surface area contributed by atoms with Gasteiger partial charge in [-0.3, -0.25) is 9.38 Å². The van der Waals surface area contributed by atoms with Gasteiger partial charge in [-0.15, -0.1) is 0 Å². The minimum Gasteiger partial charge on any atom is -0.491 e. The lowest BCUT2D eigenvalue weighted by molar-refractivity contribution is 0.242. The van der Waals surface area contributed by atoms with Crippen molar-refractivity contribution >= 4 is 5.65 Å². The van der Waals surface area contributed by atoms with Crippen molar-refractivity contribution in [3.63, 3.8) is 0 Å². The first-order valence-corrected chi connectivity index (χ1v) is 8.74. The van der Waals surface area contributed by atoms with Crippen LogP contribution in [0.15, 0.2) is 61.2 Å². The number of pyridine rings is 1. The second-order valence-electron chi connectivity index (χ2n) is 6.43. The molecule has 0 fully saturated rings. The van der Waals surface area contributed by atoms with Crippen LogP contribution in [0.5, 0.6) is 11.6 Å². The molecule has 0 amide bonds. The Morgan fingerprint density at radius 3 is 2.56 bits per heavy atom. The summed E-state index contributed by atoms with van der Waals surface area (Å²) in [5, 5.41) is 0. The number of methoxy groups -OCH3 is 1. The first kappa shape index (κ1) is 17.0. The molecule has 3 aromatic heterocycles. The van der Waals surface area contributed by atoms with Gasteiger partial charge in [0.25, 0.3) is 0 Å². The van der Waals surface area contributed by atoms with E-state index in [1.807, 2.05) is 67.0 Å². The van der Waals surface area contributed by atoms with E-state index in [-0.39, 0.29) is 6.10 Å². The third-order valence-electron chi connectivity index (χ3n) is 4.14. The Kier molecular flexibility index (Phi) is 4.46. The average Bonchev–Trinajstić information content (AvgIpc) is 3.11. The molecule has 0 N–H and O–H groups in total. The largest absolute Gasteiger partial charge is 0.491 e. The lowest BCUT2D eigenvalue weighted by atomic mass is 10.1. The first-order chi connectivity index (χ1) is 13.1. The molecule has 27 heavy (non-hydrogen) atoms. The van der Waals surface area contributed by atoms with E-state index in [0.717, 1.165) is 33.9 Å². The third kappa shape index (κ3) is 3.46. The quantitative estimate of drug-likeness (QED) is 0.532. The first-order valence-electron chi connectivity index (χ1n) is 8.74. The molecule has 136 valence electrons. The highest BCUT2D eigenvalue weighted by Gasteiger charge is 2.10. The van der Waals surface area contributed by atoms with E-state index in [9.17, 15) is 0 Å². The van der Waals surface area contributed by atoms with Gasteiger partial charge >= 0.3 is 0 Å². The van der Waals surface area contributed by atoms with E-state index in [1.165, 1.54) is 0 Å². The van der Waals surface area contributed by atoms with Crippen LogP contribution in [0, 0.1) is 0 Å². The highest BCUT2D eigenvalue weighted by atomic mass is 16.5. The molecule has 0 spiro atoms. The van der Waals surface area contributed by atoms with Crippen molar-refractivity contribution in [3.8, 4) is 34.1 Å². The fourth-order valence-electron chi connectivity index (χ4n) is 2.91. The van der Waals surface area contributed by atoms with Crippen LogP contribution >= 0.6 is 0 Å². The van der Waals surface area contributed by atoms with Crippen molar-refractivity contribution in [2.75, 3.05) is 7.11 Å². The van der Waals surface area contributed by atoms with Crippen LogP contribution in [0.4, 0.5) is 0 Å². The number of rotatable bonds is 5. The van der Waals surface area contributed by atoms with Crippen LogP contribution in [0.25, 0.3) is 28.2 Å². The van der Waals surface area contributed by atoms with Gasteiger partial charge in [0.05, 0.1) is 37.0 Å². The Bertz CT molecular complexity index is 1070. The van der Waals surface area contributed by atoms with Crippen molar-refractivity contribution in [1.82, 2.24) is 19.4 Å². The molecule has 0 atom stereocenters. The Labute approximate surface area is 157 Å². The lowest BCUT2D eigenvalue weighted by Gasteiger charge is -2.11. The van der Waals surface area contributed by atoms with Crippen LogP contribution in [-0.2, 0) is 0 Å². The molecular weight excluding hydrogens is 340 g/mol. The molecule has 6 nitrogen and oxygen atoms in total. The van der Waals surface area contributed by atoms with Gasteiger partial charge in [-0.2, -0.15) is 0 Å². The molecule has 1 aromatic carbocycles. The average molecular weight is 360 g/mol. The predicted molar refractivity (Wildman–Crippen MR) is 104 cm³/mol. The number of fused-ring (bicyclic) bond motifs is 1. The summed E-state index contributed by atoms with van der Waals surface area (Å²) >= 11 is 0. The number of hydrogen-bond acceptors (Lipinski definition) is 5. The molecule has 0 aliphatic heterocycles. The van der Waals surface area contributed by atoms with Gasteiger partial charge in [-0.25, -0.2) is 9.97 Å². The Balaban J connectivity index is 1.75. The van der Waals surface area contributed by atoms with E-state index >= 15 is 0 Å². The van der Waals surface area contributed by atoms with Gasteiger partial charge in [0, 0.05) is 29.6 Å². The van der Waals surface area contributed by atoms with E-state index < -0.39 is 0 Å². The highest BCUT2D eigenvalue weighted by Crippen LogP contribution is 2.26. The van der Waals surface area contributed by atoms with Crippen molar-refractivity contribution < 1.29 is 9.47 Å². The number of benzene rings is 1. The standard InChI is InChI=1S/C21H20N4O2/c1-14(2)27-17-6-4-5-15(9-17)18-13-25-19(11-23-20(25)12-22-18)16-7-8-21(26-3)24-10-16/h4-14H,1-3H3. The summed E-state index contributed by atoms with van der Waals surface area (Å²) in [6.45, 7) is 4.02. The molecule has 0 unspecified atom stereocenters. The van der Waals surface area contributed by atoms with Crippen LogP contribution in [0.1, 0.15) is 13.8 Å².